The van der Waals surface area contributed by atoms with Gasteiger partial charge in [-0.05, 0) is 31.6 Å². The largest absolute Gasteiger partial charge is 0.319 e. The summed E-state index contributed by atoms with van der Waals surface area (Å²) >= 11 is 1.42. The molecular formula is C17H26N4OS. The van der Waals surface area contributed by atoms with E-state index in [1.165, 1.54) is 43.9 Å². The van der Waals surface area contributed by atoms with Gasteiger partial charge >= 0.3 is 0 Å². The average Bonchev–Trinajstić information content (AvgIpc) is 3.32. The molecule has 1 fully saturated rings. The van der Waals surface area contributed by atoms with Crippen LogP contribution in [0, 0.1) is 5.92 Å². The normalized spacial score (nSPS) is 18.4. The molecule has 0 bridgehead atoms. The molecule has 5 nitrogen and oxygen atoms in total. The van der Waals surface area contributed by atoms with Crippen molar-refractivity contribution in [3.63, 3.8) is 0 Å². The van der Waals surface area contributed by atoms with E-state index in [4.69, 9.17) is 0 Å². The Kier molecular flexibility index (Phi) is 5.75. The lowest BCUT2D eigenvalue weighted by Crippen LogP contribution is -2.27. The zero-order valence-corrected chi connectivity index (χ0v) is 14.7. The summed E-state index contributed by atoms with van der Waals surface area (Å²) in [5.74, 6) is 2.35. The highest BCUT2D eigenvalue weighted by atomic mass is 32.2. The fourth-order valence-corrected chi connectivity index (χ4v) is 4.17. The molecule has 1 saturated carbocycles. The number of H-pyrrole nitrogens is 1. The summed E-state index contributed by atoms with van der Waals surface area (Å²) < 4.78 is 0. The van der Waals surface area contributed by atoms with E-state index in [2.05, 4.69) is 21.3 Å². The van der Waals surface area contributed by atoms with Crippen molar-refractivity contribution in [1.82, 2.24) is 20.1 Å². The van der Waals surface area contributed by atoms with Gasteiger partial charge in [-0.25, -0.2) is 4.98 Å². The van der Waals surface area contributed by atoms with Crippen LogP contribution in [0.3, 0.4) is 0 Å². The van der Waals surface area contributed by atoms with Crippen LogP contribution in [-0.4, -0.2) is 38.8 Å². The Morgan fingerprint density at radius 3 is 2.96 bits per heavy atom. The standard InChI is InChI=1S/C17H26N4OS/c1-21(14-8-4-5-9-14)16(22)12-23-17-18-15(19-20-17)11-10-13-6-2-3-7-13/h8,13H,2-7,9-12H2,1H3,(H,18,19,20). The number of carbonyl (C=O) groups excluding carboxylic acids is 1. The number of amides is 1. The lowest BCUT2D eigenvalue weighted by molar-refractivity contribution is -0.125. The molecule has 1 N–H and O–H groups in total. The number of rotatable bonds is 7. The van der Waals surface area contributed by atoms with Gasteiger partial charge in [0, 0.05) is 19.2 Å². The third-order valence-corrected chi connectivity index (χ3v) is 5.75. The molecule has 0 saturated heterocycles. The van der Waals surface area contributed by atoms with Crippen LogP contribution in [0.25, 0.3) is 0 Å². The molecule has 2 aliphatic carbocycles. The molecule has 0 atom stereocenters. The van der Waals surface area contributed by atoms with Gasteiger partial charge in [0.2, 0.25) is 11.1 Å². The van der Waals surface area contributed by atoms with Gasteiger partial charge in [0.15, 0.2) is 0 Å². The number of aromatic nitrogens is 3. The van der Waals surface area contributed by atoms with Crippen molar-refractivity contribution in [3.8, 4) is 0 Å². The van der Waals surface area contributed by atoms with Crippen molar-refractivity contribution in [2.45, 2.75) is 62.9 Å². The third kappa shape index (κ3) is 4.59. The monoisotopic (exact) mass is 334 g/mol. The fraction of sp³-hybridized carbons (Fsp3) is 0.706. The molecule has 6 heteroatoms. The van der Waals surface area contributed by atoms with Gasteiger partial charge in [0.25, 0.3) is 0 Å². The number of nitrogens with zero attached hydrogens (tertiary/aromatic N) is 3. The van der Waals surface area contributed by atoms with Crippen molar-refractivity contribution in [1.29, 1.82) is 0 Å². The van der Waals surface area contributed by atoms with E-state index in [-0.39, 0.29) is 5.91 Å². The number of carbonyl (C=O) groups is 1. The maximum atomic E-state index is 12.2. The Bertz CT molecular complexity index is 563. The number of thioether (sulfide) groups is 1. The minimum absolute atomic E-state index is 0.125. The number of allylic oxidation sites excluding steroid dienone is 2. The Balaban J connectivity index is 1.42. The minimum atomic E-state index is 0.125. The molecule has 2 aliphatic rings. The Morgan fingerprint density at radius 1 is 1.39 bits per heavy atom. The van der Waals surface area contributed by atoms with Crippen LogP contribution in [0.4, 0.5) is 0 Å². The van der Waals surface area contributed by atoms with Crippen molar-refractivity contribution in [2.24, 2.45) is 5.92 Å². The number of hydrogen-bond acceptors (Lipinski definition) is 4. The van der Waals surface area contributed by atoms with Gasteiger partial charge in [0.1, 0.15) is 5.82 Å². The molecule has 3 rings (SSSR count). The quantitative estimate of drug-likeness (QED) is 0.775. The highest BCUT2D eigenvalue weighted by molar-refractivity contribution is 7.99. The molecule has 126 valence electrons. The molecule has 1 aromatic heterocycles. The number of hydrogen-bond donors (Lipinski definition) is 1. The second-order valence-corrected chi connectivity index (χ2v) is 7.53. The lowest BCUT2D eigenvalue weighted by atomic mass is 10.0. The average molecular weight is 334 g/mol. The Morgan fingerprint density at radius 2 is 2.22 bits per heavy atom. The first-order valence-corrected chi connectivity index (χ1v) is 9.70. The molecule has 1 aromatic rings. The minimum Gasteiger partial charge on any atom is -0.319 e. The zero-order valence-electron chi connectivity index (χ0n) is 13.9. The number of nitrogens with one attached hydrogen (secondary N) is 1. The fourth-order valence-electron chi connectivity index (χ4n) is 3.44. The second kappa shape index (κ2) is 7.99. The molecule has 0 unspecified atom stereocenters. The zero-order chi connectivity index (χ0) is 16.1. The Labute approximate surface area is 142 Å². The molecule has 1 heterocycles. The summed E-state index contributed by atoms with van der Waals surface area (Å²) in [5.41, 5.74) is 1.16. The van der Waals surface area contributed by atoms with Crippen molar-refractivity contribution in [2.75, 3.05) is 12.8 Å². The van der Waals surface area contributed by atoms with Crippen molar-refractivity contribution < 1.29 is 4.79 Å². The SMILES string of the molecule is CN(C(=O)CSc1n[nH]c(CCC2CCCC2)n1)C1=CCCC1. The summed E-state index contributed by atoms with van der Waals surface area (Å²) in [6, 6.07) is 0. The van der Waals surface area contributed by atoms with E-state index in [0.717, 1.165) is 43.1 Å². The third-order valence-electron chi connectivity index (χ3n) is 4.92. The smallest absolute Gasteiger partial charge is 0.236 e. The first-order valence-electron chi connectivity index (χ1n) is 8.72. The molecular weight excluding hydrogens is 308 g/mol. The first-order chi connectivity index (χ1) is 11.2. The van der Waals surface area contributed by atoms with Crippen LogP contribution < -0.4 is 0 Å². The van der Waals surface area contributed by atoms with Crippen LogP contribution in [0.1, 0.15) is 57.2 Å². The predicted molar refractivity (Wildman–Crippen MR) is 92.1 cm³/mol. The van der Waals surface area contributed by atoms with Crippen LogP contribution in [-0.2, 0) is 11.2 Å². The van der Waals surface area contributed by atoms with E-state index >= 15 is 0 Å². The van der Waals surface area contributed by atoms with Gasteiger partial charge < -0.3 is 4.90 Å². The first kappa shape index (κ1) is 16.6. The van der Waals surface area contributed by atoms with Crippen LogP contribution >= 0.6 is 11.8 Å². The van der Waals surface area contributed by atoms with E-state index < -0.39 is 0 Å². The molecule has 1 amide bonds. The van der Waals surface area contributed by atoms with Crippen LogP contribution in [0.15, 0.2) is 16.9 Å². The summed E-state index contributed by atoms with van der Waals surface area (Å²) in [6.45, 7) is 0. The lowest BCUT2D eigenvalue weighted by Gasteiger charge is -2.17. The van der Waals surface area contributed by atoms with Crippen LogP contribution in [0.2, 0.25) is 0 Å². The maximum Gasteiger partial charge on any atom is 0.236 e. The summed E-state index contributed by atoms with van der Waals surface area (Å²) in [5, 5.41) is 7.94. The number of aromatic amines is 1. The Hall–Kier alpha value is -1.30. The predicted octanol–water partition coefficient (Wildman–Crippen LogP) is 3.55. The molecule has 0 radical (unpaired) electrons. The van der Waals surface area contributed by atoms with Crippen molar-refractivity contribution in [3.05, 3.63) is 17.6 Å². The highest BCUT2D eigenvalue weighted by Crippen LogP contribution is 2.28. The van der Waals surface area contributed by atoms with Gasteiger partial charge in [-0.3, -0.25) is 9.89 Å². The maximum absolute atomic E-state index is 12.2. The van der Waals surface area contributed by atoms with E-state index in [1.807, 2.05) is 7.05 Å². The van der Waals surface area contributed by atoms with Gasteiger partial charge in [-0.1, -0.05) is 43.5 Å². The van der Waals surface area contributed by atoms with E-state index in [0.29, 0.717) is 10.9 Å². The molecule has 0 spiro atoms. The second-order valence-electron chi connectivity index (χ2n) is 6.58. The topological polar surface area (TPSA) is 61.9 Å². The summed E-state index contributed by atoms with van der Waals surface area (Å²) in [6.07, 6.45) is 13.1. The van der Waals surface area contributed by atoms with Crippen LogP contribution in [0.5, 0.6) is 0 Å². The van der Waals surface area contributed by atoms with Gasteiger partial charge in [-0.2, -0.15) is 0 Å². The summed E-state index contributed by atoms with van der Waals surface area (Å²) in [4.78, 5) is 18.5. The van der Waals surface area contributed by atoms with Gasteiger partial charge in [-0.15, -0.1) is 5.10 Å². The molecule has 0 aromatic carbocycles. The molecule has 0 aliphatic heterocycles. The van der Waals surface area contributed by atoms with Gasteiger partial charge in [0.05, 0.1) is 5.75 Å². The van der Waals surface area contributed by atoms with Crippen molar-refractivity contribution >= 4 is 17.7 Å². The summed E-state index contributed by atoms with van der Waals surface area (Å²) in [7, 11) is 1.87. The van der Waals surface area contributed by atoms with E-state index in [1.54, 1.807) is 4.90 Å². The number of aryl methyl sites for hydroxylation is 1. The highest BCUT2D eigenvalue weighted by Gasteiger charge is 2.18. The van der Waals surface area contributed by atoms with E-state index in [9.17, 15) is 4.79 Å². The molecule has 23 heavy (non-hydrogen) atoms.